The summed E-state index contributed by atoms with van der Waals surface area (Å²) < 4.78 is 32.8. The Hall–Kier alpha value is -3.81. The van der Waals surface area contributed by atoms with Crippen molar-refractivity contribution in [2.75, 3.05) is 18.5 Å². The number of nitriles is 1. The van der Waals surface area contributed by atoms with Crippen LogP contribution in [0.25, 0.3) is 0 Å². The van der Waals surface area contributed by atoms with Crippen LogP contribution in [0.15, 0.2) is 30.5 Å². The van der Waals surface area contributed by atoms with Gasteiger partial charge in [-0.1, -0.05) is 6.07 Å². The minimum absolute atomic E-state index is 0.0248. The number of rotatable bonds is 5. The van der Waals surface area contributed by atoms with Crippen molar-refractivity contribution in [2.24, 2.45) is 5.73 Å². The van der Waals surface area contributed by atoms with E-state index in [4.69, 9.17) is 15.7 Å². The normalized spacial score (nSPS) is 17.5. The molecule has 1 fully saturated rings. The van der Waals surface area contributed by atoms with Gasteiger partial charge in [-0.3, -0.25) is 4.79 Å². The van der Waals surface area contributed by atoms with Gasteiger partial charge in [-0.25, -0.2) is 23.5 Å². The Morgan fingerprint density at radius 2 is 2.16 bits per heavy atom. The zero-order chi connectivity index (χ0) is 22.6. The van der Waals surface area contributed by atoms with Crippen molar-refractivity contribution in [2.45, 2.75) is 31.7 Å². The number of amides is 2. The minimum Gasteiger partial charge on any atom is -0.448 e. The Balaban J connectivity index is 1.86. The van der Waals surface area contributed by atoms with Crippen molar-refractivity contribution in [1.29, 1.82) is 5.26 Å². The molecule has 0 radical (unpaired) electrons. The molecule has 2 aromatic rings. The first-order chi connectivity index (χ1) is 14.7. The van der Waals surface area contributed by atoms with Gasteiger partial charge < -0.3 is 20.7 Å². The summed E-state index contributed by atoms with van der Waals surface area (Å²) >= 11 is 0. The van der Waals surface area contributed by atoms with E-state index in [9.17, 15) is 18.4 Å². The van der Waals surface area contributed by atoms with Crippen molar-refractivity contribution in [3.63, 3.8) is 0 Å². The second-order valence-corrected chi connectivity index (χ2v) is 7.14. The average molecular weight is 430 g/mol. The summed E-state index contributed by atoms with van der Waals surface area (Å²) in [5, 5.41) is 11.9. The molecule has 3 N–H and O–H groups in total. The molecule has 3 rings (SSSR count). The maximum atomic E-state index is 14.0. The fraction of sp³-hybridized carbons (Fsp3) is 0.350. The number of alkyl halides is 2. The highest BCUT2D eigenvalue weighted by Gasteiger charge is 2.43. The number of anilines is 2. The number of nitrogens with two attached hydrogens (primary N) is 1. The third-order valence-corrected chi connectivity index (χ3v) is 4.81. The number of likely N-dealkylation sites (tertiary alicyclic amines) is 1. The van der Waals surface area contributed by atoms with Crippen LogP contribution in [0, 0.1) is 18.3 Å². The van der Waals surface area contributed by atoms with Gasteiger partial charge in [0.25, 0.3) is 11.8 Å². The van der Waals surface area contributed by atoms with E-state index < -0.39 is 36.9 Å². The van der Waals surface area contributed by atoms with Gasteiger partial charge in [-0.15, -0.1) is 0 Å². The number of ether oxygens (including phenoxy) is 1. The summed E-state index contributed by atoms with van der Waals surface area (Å²) in [6.07, 6.45) is -0.0792. The van der Waals surface area contributed by atoms with Crippen LogP contribution in [0.2, 0.25) is 0 Å². The average Bonchev–Trinajstić information content (AvgIpc) is 2.73. The molecule has 11 heteroatoms. The molecule has 0 bridgehead atoms. The van der Waals surface area contributed by atoms with Gasteiger partial charge in [-0.05, 0) is 37.1 Å². The molecule has 9 nitrogen and oxygen atoms in total. The number of nitrogens with zero attached hydrogens (tertiary/aromatic N) is 4. The lowest BCUT2D eigenvalue weighted by Crippen LogP contribution is -2.53. The first-order valence-corrected chi connectivity index (χ1v) is 9.40. The molecule has 1 aliphatic rings. The topological polar surface area (TPSA) is 134 Å². The number of piperidine rings is 1. The van der Waals surface area contributed by atoms with E-state index in [1.165, 1.54) is 18.3 Å². The van der Waals surface area contributed by atoms with Crippen molar-refractivity contribution < 1.29 is 23.1 Å². The van der Waals surface area contributed by atoms with E-state index in [1.54, 1.807) is 19.1 Å². The van der Waals surface area contributed by atoms with Crippen LogP contribution >= 0.6 is 0 Å². The first kappa shape index (κ1) is 21.9. The number of aryl methyl sites for hydroxylation is 1. The molecule has 3 heterocycles. The lowest BCUT2D eigenvalue weighted by Gasteiger charge is -2.39. The fourth-order valence-corrected chi connectivity index (χ4v) is 3.23. The Labute approximate surface area is 176 Å². The number of pyridine rings is 2. The number of carbonyl (C=O) groups is 2. The van der Waals surface area contributed by atoms with Crippen molar-refractivity contribution in [1.82, 2.24) is 14.9 Å². The molecule has 0 aromatic carbocycles. The lowest BCUT2D eigenvalue weighted by atomic mass is 9.98. The van der Waals surface area contributed by atoms with Crippen LogP contribution in [-0.4, -0.2) is 52.0 Å². The van der Waals surface area contributed by atoms with E-state index in [0.29, 0.717) is 16.9 Å². The number of aromatic nitrogens is 2. The van der Waals surface area contributed by atoms with Gasteiger partial charge in [0, 0.05) is 12.6 Å². The highest BCUT2D eigenvalue weighted by Crippen LogP contribution is 2.32. The summed E-state index contributed by atoms with van der Waals surface area (Å²) in [5.74, 6) is -3.18. The first-order valence-electron chi connectivity index (χ1n) is 9.40. The van der Waals surface area contributed by atoms with Crippen LogP contribution in [0.5, 0.6) is 0 Å². The molecule has 31 heavy (non-hydrogen) atoms. The number of hydrogen-bond acceptors (Lipinski definition) is 7. The highest BCUT2D eigenvalue weighted by molar-refractivity contribution is 5.94. The van der Waals surface area contributed by atoms with E-state index in [-0.39, 0.29) is 24.5 Å². The largest absolute Gasteiger partial charge is 0.448 e. The molecule has 162 valence electrons. The number of halogens is 2. The van der Waals surface area contributed by atoms with Crippen molar-refractivity contribution in [3.05, 3.63) is 47.3 Å². The molecule has 0 spiro atoms. The van der Waals surface area contributed by atoms with Gasteiger partial charge in [0.2, 0.25) is 0 Å². The van der Waals surface area contributed by atoms with Crippen LogP contribution in [0.1, 0.15) is 34.5 Å². The molecule has 1 aliphatic heterocycles. The van der Waals surface area contributed by atoms with Gasteiger partial charge in [-0.2, -0.15) is 5.26 Å². The van der Waals surface area contributed by atoms with E-state index in [0.717, 1.165) is 4.90 Å². The van der Waals surface area contributed by atoms with Crippen LogP contribution in [-0.2, 0) is 4.74 Å². The molecule has 2 amide bonds. The Morgan fingerprint density at radius 3 is 2.87 bits per heavy atom. The number of nitrogens with one attached hydrogen (secondary N) is 1. The maximum Gasteiger partial charge on any atom is 0.404 e. The summed E-state index contributed by atoms with van der Waals surface area (Å²) in [6, 6.07) is 7.51. The molecule has 0 saturated carbocycles. The third-order valence-electron chi connectivity index (χ3n) is 4.81. The zero-order valence-electron chi connectivity index (χ0n) is 16.6. The third kappa shape index (κ3) is 5.42. The number of carbonyl (C=O) groups excluding carboxylic acids is 2. The fourth-order valence-electron chi connectivity index (χ4n) is 3.23. The van der Waals surface area contributed by atoms with Gasteiger partial charge in [0.1, 0.15) is 23.9 Å². The maximum absolute atomic E-state index is 14.0. The summed E-state index contributed by atoms with van der Waals surface area (Å²) in [6.45, 7) is 0.539. The number of primary amides is 1. The van der Waals surface area contributed by atoms with Gasteiger partial charge in [0.15, 0.2) is 0 Å². The Bertz CT molecular complexity index is 1040. The summed E-state index contributed by atoms with van der Waals surface area (Å²) in [5.41, 5.74) is 5.82. The van der Waals surface area contributed by atoms with Gasteiger partial charge in [0.05, 0.1) is 24.2 Å². The molecular formula is C20H20F2N6O3. The second-order valence-electron chi connectivity index (χ2n) is 7.14. The summed E-state index contributed by atoms with van der Waals surface area (Å²) in [7, 11) is 0. The standard InChI is InChI=1S/C20H20F2N6O3/c1-12-2-3-15(26-16-8-13(9-23)5-7-25-16)27-17(12)18(29)28-11-20(21,22)6-4-14(28)10-31-19(24)30/h2-3,5,7-8,14H,4,6,10-11H2,1H3,(H2,24,30)(H,25,26,27). The second kappa shape index (κ2) is 8.91. The SMILES string of the molecule is Cc1ccc(Nc2cc(C#N)ccn2)nc1C(=O)N1CC(F)(F)CCC1COC(N)=O. The quantitative estimate of drug-likeness (QED) is 0.745. The molecular weight excluding hydrogens is 410 g/mol. The lowest BCUT2D eigenvalue weighted by molar-refractivity contribution is -0.0789. The smallest absolute Gasteiger partial charge is 0.404 e. The molecule has 0 aliphatic carbocycles. The van der Waals surface area contributed by atoms with Crippen molar-refractivity contribution in [3.8, 4) is 6.07 Å². The molecule has 2 aromatic heterocycles. The minimum atomic E-state index is -3.07. The van der Waals surface area contributed by atoms with E-state index in [2.05, 4.69) is 15.3 Å². The molecule has 1 atom stereocenters. The Kier molecular flexibility index (Phi) is 6.29. The van der Waals surface area contributed by atoms with Crippen LogP contribution < -0.4 is 11.1 Å². The zero-order valence-corrected chi connectivity index (χ0v) is 16.6. The van der Waals surface area contributed by atoms with E-state index in [1.807, 2.05) is 6.07 Å². The van der Waals surface area contributed by atoms with Gasteiger partial charge >= 0.3 is 6.09 Å². The highest BCUT2D eigenvalue weighted by atomic mass is 19.3. The van der Waals surface area contributed by atoms with Crippen molar-refractivity contribution >= 4 is 23.6 Å². The molecule has 1 unspecified atom stereocenters. The van der Waals surface area contributed by atoms with Crippen LogP contribution in [0.4, 0.5) is 25.2 Å². The van der Waals surface area contributed by atoms with Crippen LogP contribution in [0.3, 0.4) is 0 Å². The predicted octanol–water partition coefficient (Wildman–Crippen LogP) is 2.74. The Morgan fingerprint density at radius 1 is 1.39 bits per heavy atom. The summed E-state index contributed by atoms with van der Waals surface area (Å²) in [4.78, 5) is 33.4. The van der Waals surface area contributed by atoms with E-state index >= 15 is 0 Å². The molecule has 1 saturated heterocycles. The predicted molar refractivity (Wildman–Crippen MR) is 106 cm³/mol. The number of hydrogen-bond donors (Lipinski definition) is 2. The monoisotopic (exact) mass is 430 g/mol.